The van der Waals surface area contributed by atoms with Crippen molar-refractivity contribution in [3.8, 4) is 0 Å². The molecule has 0 bridgehead atoms. The number of aromatic nitrogens is 3. The lowest BCUT2D eigenvalue weighted by atomic mass is 10.1. The van der Waals surface area contributed by atoms with Crippen molar-refractivity contribution in [2.75, 3.05) is 0 Å². The lowest BCUT2D eigenvalue weighted by Crippen LogP contribution is -1.94. The molecule has 0 N–H and O–H groups in total. The summed E-state index contributed by atoms with van der Waals surface area (Å²) in [5.41, 5.74) is 1.11. The van der Waals surface area contributed by atoms with Gasteiger partial charge in [-0.15, -0.1) is 11.3 Å². The molecule has 4 aromatic rings. The van der Waals surface area contributed by atoms with Crippen LogP contribution >= 0.6 is 11.3 Å². The summed E-state index contributed by atoms with van der Waals surface area (Å²) in [6.07, 6.45) is 5.58. The molecule has 2 aromatic heterocycles. The predicted molar refractivity (Wildman–Crippen MR) is 78.5 cm³/mol. The van der Waals surface area contributed by atoms with Gasteiger partial charge in [-0.3, -0.25) is 0 Å². The molecule has 4 rings (SSSR count). The molecule has 19 heavy (non-hydrogen) atoms. The number of fused-ring (bicyclic) bond motifs is 3. The fraction of sp³-hybridized carbons (Fsp3) is 0.0667. The van der Waals surface area contributed by atoms with Crippen molar-refractivity contribution >= 4 is 32.3 Å². The lowest BCUT2D eigenvalue weighted by molar-refractivity contribution is 0.793. The van der Waals surface area contributed by atoms with Crippen LogP contribution in [0.25, 0.3) is 21.0 Å². The van der Waals surface area contributed by atoms with Gasteiger partial charge in [0.25, 0.3) is 0 Å². The molecule has 0 aliphatic carbocycles. The molecule has 2 heterocycles. The lowest BCUT2D eigenvalue weighted by Gasteiger charge is -1.97. The first-order valence-corrected chi connectivity index (χ1v) is 6.95. The SMILES string of the molecule is c1ccc2c(c1)ccc1sc(Cn3ccnc3)nc12. The molecule has 0 unspecified atom stereocenters. The van der Waals surface area contributed by atoms with Gasteiger partial charge in [0.15, 0.2) is 0 Å². The molecular weight excluding hydrogens is 254 g/mol. The number of benzene rings is 2. The Kier molecular flexibility index (Phi) is 2.35. The molecule has 3 nitrogen and oxygen atoms in total. The highest BCUT2D eigenvalue weighted by molar-refractivity contribution is 7.18. The largest absolute Gasteiger partial charge is 0.331 e. The van der Waals surface area contributed by atoms with E-state index in [0.29, 0.717) is 0 Å². The molecule has 0 aliphatic heterocycles. The Morgan fingerprint density at radius 2 is 2.05 bits per heavy atom. The Labute approximate surface area is 114 Å². The van der Waals surface area contributed by atoms with Crippen LogP contribution in [0, 0.1) is 0 Å². The first kappa shape index (κ1) is 10.7. The third-order valence-electron chi connectivity index (χ3n) is 3.20. The van der Waals surface area contributed by atoms with Crippen LogP contribution in [0.2, 0.25) is 0 Å². The Balaban J connectivity index is 1.88. The monoisotopic (exact) mass is 265 g/mol. The van der Waals surface area contributed by atoms with Gasteiger partial charge in [0.2, 0.25) is 0 Å². The number of hydrogen-bond donors (Lipinski definition) is 0. The van der Waals surface area contributed by atoms with Crippen LogP contribution in [0.3, 0.4) is 0 Å². The number of nitrogens with zero attached hydrogens (tertiary/aromatic N) is 3. The highest BCUT2D eigenvalue weighted by Gasteiger charge is 2.07. The standard InChI is InChI=1S/C15H11N3S/c1-2-4-12-11(3-1)5-6-13-15(12)17-14(19-13)9-18-8-7-16-10-18/h1-8,10H,9H2. The average Bonchev–Trinajstić information content (AvgIpc) is 3.08. The minimum atomic E-state index is 0.785. The van der Waals surface area contributed by atoms with Gasteiger partial charge in [0, 0.05) is 17.8 Å². The van der Waals surface area contributed by atoms with E-state index in [1.165, 1.54) is 15.5 Å². The molecule has 0 aliphatic rings. The van der Waals surface area contributed by atoms with Crippen LogP contribution in [0.5, 0.6) is 0 Å². The summed E-state index contributed by atoms with van der Waals surface area (Å²) < 4.78 is 3.29. The summed E-state index contributed by atoms with van der Waals surface area (Å²) in [5.74, 6) is 0. The molecule has 2 aromatic carbocycles. The van der Waals surface area contributed by atoms with Gasteiger partial charge in [-0.25, -0.2) is 9.97 Å². The predicted octanol–water partition coefficient (Wildman–Crippen LogP) is 3.69. The van der Waals surface area contributed by atoms with Gasteiger partial charge in [0.1, 0.15) is 5.01 Å². The molecular formula is C15H11N3S. The van der Waals surface area contributed by atoms with Crippen molar-refractivity contribution in [2.45, 2.75) is 6.54 Å². The highest BCUT2D eigenvalue weighted by atomic mass is 32.1. The van der Waals surface area contributed by atoms with E-state index in [1.807, 2.05) is 17.1 Å². The second-order valence-electron chi connectivity index (χ2n) is 4.48. The smallest absolute Gasteiger partial charge is 0.114 e. The third-order valence-corrected chi connectivity index (χ3v) is 4.21. The molecule has 0 saturated heterocycles. The summed E-state index contributed by atoms with van der Waals surface area (Å²) in [7, 11) is 0. The average molecular weight is 265 g/mol. The molecule has 0 spiro atoms. The number of rotatable bonds is 2. The van der Waals surface area contributed by atoms with Crippen molar-refractivity contribution in [1.82, 2.24) is 14.5 Å². The van der Waals surface area contributed by atoms with Crippen molar-refractivity contribution < 1.29 is 0 Å². The zero-order chi connectivity index (χ0) is 12.7. The van der Waals surface area contributed by atoms with Crippen LogP contribution in [-0.4, -0.2) is 14.5 Å². The number of thiazole rings is 1. The first-order chi connectivity index (χ1) is 9.40. The van der Waals surface area contributed by atoms with E-state index in [9.17, 15) is 0 Å². The summed E-state index contributed by atoms with van der Waals surface area (Å²) in [5, 5.41) is 3.59. The summed E-state index contributed by atoms with van der Waals surface area (Å²) >= 11 is 1.75. The van der Waals surface area contributed by atoms with Crippen LogP contribution < -0.4 is 0 Å². The number of imidazole rings is 1. The van der Waals surface area contributed by atoms with E-state index in [2.05, 4.69) is 41.4 Å². The Morgan fingerprint density at radius 1 is 1.11 bits per heavy atom. The molecule has 0 radical (unpaired) electrons. The minimum absolute atomic E-state index is 0.785. The summed E-state index contributed by atoms with van der Waals surface area (Å²) in [6.45, 7) is 0.785. The summed E-state index contributed by atoms with van der Waals surface area (Å²) in [6, 6.07) is 12.7. The molecule has 0 atom stereocenters. The topological polar surface area (TPSA) is 30.7 Å². The van der Waals surface area contributed by atoms with Gasteiger partial charge in [-0.1, -0.05) is 30.3 Å². The van der Waals surface area contributed by atoms with Crippen LogP contribution in [-0.2, 0) is 6.54 Å². The zero-order valence-corrected chi connectivity index (χ0v) is 11.0. The van der Waals surface area contributed by atoms with Gasteiger partial charge in [-0.05, 0) is 11.5 Å². The van der Waals surface area contributed by atoms with Crippen molar-refractivity contribution in [3.63, 3.8) is 0 Å². The molecule has 4 heteroatoms. The van der Waals surface area contributed by atoms with E-state index in [4.69, 9.17) is 4.98 Å². The number of hydrogen-bond acceptors (Lipinski definition) is 3. The van der Waals surface area contributed by atoms with E-state index in [-0.39, 0.29) is 0 Å². The van der Waals surface area contributed by atoms with Crippen LogP contribution in [0.15, 0.2) is 55.1 Å². The minimum Gasteiger partial charge on any atom is -0.331 e. The van der Waals surface area contributed by atoms with Gasteiger partial charge in [-0.2, -0.15) is 0 Å². The van der Waals surface area contributed by atoms with Crippen LogP contribution in [0.1, 0.15) is 5.01 Å². The van der Waals surface area contributed by atoms with E-state index >= 15 is 0 Å². The van der Waals surface area contributed by atoms with E-state index in [1.54, 1.807) is 17.5 Å². The fourth-order valence-corrected chi connectivity index (χ4v) is 3.30. The maximum absolute atomic E-state index is 4.79. The zero-order valence-electron chi connectivity index (χ0n) is 10.2. The Hall–Kier alpha value is -2.20. The van der Waals surface area contributed by atoms with E-state index in [0.717, 1.165) is 17.1 Å². The summed E-state index contributed by atoms with van der Waals surface area (Å²) in [4.78, 5) is 8.85. The van der Waals surface area contributed by atoms with Crippen molar-refractivity contribution in [2.24, 2.45) is 0 Å². The van der Waals surface area contributed by atoms with Crippen molar-refractivity contribution in [3.05, 3.63) is 60.1 Å². The first-order valence-electron chi connectivity index (χ1n) is 6.13. The second kappa shape index (κ2) is 4.17. The second-order valence-corrected chi connectivity index (χ2v) is 5.59. The van der Waals surface area contributed by atoms with Gasteiger partial charge >= 0.3 is 0 Å². The van der Waals surface area contributed by atoms with Crippen LogP contribution in [0.4, 0.5) is 0 Å². The van der Waals surface area contributed by atoms with E-state index < -0.39 is 0 Å². The maximum Gasteiger partial charge on any atom is 0.114 e. The fourth-order valence-electron chi connectivity index (χ4n) is 2.31. The highest BCUT2D eigenvalue weighted by Crippen LogP contribution is 2.29. The normalized spacial score (nSPS) is 11.4. The third kappa shape index (κ3) is 1.81. The Bertz CT molecular complexity index is 846. The van der Waals surface area contributed by atoms with Gasteiger partial charge < -0.3 is 4.57 Å². The maximum atomic E-state index is 4.79. The molecule has 0 fully saturated rings. The quantitative estimate of drug-likeness (QED) is 0.553. The Morgan fingerprint density at radius 3 is 2.95 bits per heavy atom. The molecule has 92 valence electrons. The molecule has 0 saturated carbocycles. The molecule has 0 amide bonds. The van der Waals surface area contributed by atoms with Crippen molar-refractivity contribution in [1.29, 1.82) is 0 Å². The van der Waals surface area contributed by atoms with Gasteiger partial charge in [0.05, 0.1) is 23.1 Å².